The Bertz CT molecular complexity index is 521. The maximum atomic E-state index is 11.4. The highest BCUT2D eigenvalue weighted by Crippen LogP contribution is 2.34. The van der Waals surface area contributed by atoms with Crippen LogP contribution in [0.5, 0.6) is 0 Å². The summed E-state index contributed by atoms with van der Waals surface area (Å²) >= 11 is 0. The van der Waals surface area contributed by atoms with Gasteiger partial charge >= 0.3 is 0 Å². The number of halogens is 1. The number of hydrogen-bond acceptors (Lipinski definition) is 4. The van der Waals surface area contributed by atoms with E-state index in [1.54, 1.807) is 6.92 Å². The van der Waals surface area contributed by atoms with Crippen molar-refractivity contribution >= 4 is 40.0 Å². The SMILES string of the molecule is CCNC(=NCC1CCCOC1C(C)(C)C)NCCNS(=O)(=O)CC.I. The molecule has 0 aromatic rings. The van der Waals surface area contributed by atoms with Crippen molar-refractivity contribution in [3.63, 3.8) is 0 Å². The lowest BCUT2D eigenvalue weighted by Gasteiger charge is -2.39. The number of rotatable bonds is 8. The lowest BCUT2D eigenvalue weighted by Crippen LogP contribution is -2.44. The second kappa shape index (κ2) is 12.4. The maximum absolute atomic E-state index is 11.4. The highest BCUT2D eigenvalue weighted by molar-refractivity contribution is 14.0. The van der Waals surface area contributed by atoms with Crippen molar-refractivity contribution in [1.29, 1.82) is 0 Å². The van der Waals surface area contributed by atoms with Crippen LogP contribution in [0, 0.1) is 11.3 Å². The van der Waals surface area contributed by atoms with Gasteiger partial charge in [-0.15, -0.1) is 24.0 Å². The van der Waals surface area contributed by atoms with E-state index in [0.29, 0.717) is 25.6 Å². The summed E-state index contributed by atoms with van der Waals surface area (Å²) in [7, 11) is -3.15. The fourth-order valence-electron chi connectivity index (χ4n) is 3.03. The zero-order valence-corrected chi connectivity index (χ0v) is 19.9. The zero-order chi connectivity index (χ0) is 18.9. The molecule has 7 nitrogen and oxygen atoms in total. The van der Waals surface area contributed by atoms with Gasteiger partial charge in [-0.2, -0.15) is 0 Å². The summed E-state index contributed by atoms with van der Waals surface area (Å²) < 4.78 is 31.4. The molecule has 2 unspecified atom stereocenters. The molecule has 1 rings (SSSR count). The summed E-state index contributed by atoms with van der Waals surface area (Å²) in [6, 6.07) is 0. The van der Waals surface area contributed by atoms with Gasteiger partial charge < -0.3 is 15.4 Å². The molecular formula is C17H37IN4O3S. The molecule has 0 saturated carbocycles. The molecular weight excluding hydrogens is 467 g/mol. The Kier molecular flexibility index (Phi) is 12.3. The minimum atomic E-state index is -3.15. The number of guanidine groups is 1. The first-order valence-electron chi connectivity index (χ1n) is 9.30. The summed E-state index contributed by atoms with van der Waals surface area (Å²) in [5.74, 6) is 1.22. The standard InChI is InChI=1S/C17H36N4O3S.HI/c1-6-18-16(19-10-11-21-25(22,23)7-2)20-13-14-9-8-12-24-15(14)17(3,4)5;/h14-15,21H,6-13H2,1-5H3,(H2,18,19,20);1H. The van der Waals surface area contributed by atoms with Gasteiger partial charge in [0, 0.05) is 38.7 Å². The van der Waals surface area contributed by atoms with Crippen molar-refractivity contribution in [3.8, 4) is 0 Å². The largest absolute Gasteiger partial charge is 0.377 e. The number of sulfonamides is 1. The number of aliphatic imine (C=N–C) groups is 1. The van der Waals surface area contributed by atoms with Crippen LogP contribution in [0.3, 0.4) is 0 Å². The molecule has 0 aromatic heterocycles. The van der Waals surface area contributed by atoms with E-state index >= 15 is 0 Å². The number of ether oxygens (including phenoxy) is 1. The molecule has 0 bridgehead atoms. The third kappa shape index (κ3) is 9.70. The van der Waals surface area contributed by atoms with Crippen LogP contribution in [0.25, 0.3) is 0 Å². The summed E-state index contributed by atoms with van der Waals surface area (Å²) in [5, 5.41) is 6.39. The van der Waals surface area contributed by atoms with E-state index in [0.717, 1.165) is 32.0 Å². The highest BCUT2D eigenvalue weighted by atomic mass is 127. The van der Waals surface area contributed by atoms with Crippen molar-refractivity contribution < 1.29 is 13.2 Å². The topological polar surface area (TPSA) is 91.8 Å². The van der Waals surface area contributed by atoms with Crippen molar-refractivity contribution in [1.82, 2.24) is 15.4 Å². The fourth-order valence-corrected chi connectivity index (χ4v) is 3.64. The Morgan fingerprint density at radius 3 is 2.46 bits per heavy atom. The van der Waals surface area contributed by atoms with Gasteiger partial charge in [0.05, 0.1) is 11.9 Å². The average molecular weight is 504 g/mol. The van der Waals surface area contributed by atoms with E-state index < -0.39 is 10.0 Å². The van der Waals surface area contributed by atoms with Crippen LogP contribution >= 0.6 is 24.0 Å². The Morgan fingerprint density at radius 2 is 1.88 bits per heavy atom. The molecule has 1 aliphatic heterocycles. The average Bonchev–Trinajstić information content (AvgIpc) is 2.56. The summed E-state index contributed by atoms with van der Waals surface area (Å²) in [5.41, 5.74) is 0.102. The molecule has 0 aromatic carbocycles. The minimum absolute atomic E-state index is 0. The second-order valence-corrected chi connectivity index (χ2v) is 9.60. The van der Waals surface area contributed by atoms with E-state index in [1.165, 1.54) is 0 Å². The van der Waals surface area contributed by atoms with Crippen LogP contribution in [-0.2, 0) is 14.8 Å². The van der Waals surface area contributed by atoms with E-state index in [4.69, 9.17) is 9.73 Å². The first-order chi connectivity index (χ1) is 11.7. The van der Waals surface area contributed by atoms with Crippen molar-refractivity contribution in [2.45, 2.75) is 53.6 Å². The molecule has 0 radical (unpaired) electrons. The van der Waals surface area contributed by atoms with Crippen LogP contribution in [-0.4, -0.2) is 59.0 Å². The molecule has 3 N–H and O–H groups in total. The molecule has 0 amide bonds. The highest BCUT2D eigenvalue weighted by Gasteiger charge is 2.35. The Labute approximate surface area is 176 Å². The third-order valence-corrected chi connectivity index (χ3v) is 5.65. The summed E-state index contributed by atoms with van der Waals surface area (Å²) in [6.45, 7) is 13.4. The van der Waals surface area contributed by atoms with Crippen LogP contribution in [0.2, 0.25) is 0 Å². The molecule has 1 heterocycles. The van der Waals surface area contributed by atoms with Crippen LogP contribution in [0.4, 0.5) is 0 Å². The Morgan fingerprint density at radius 1 is 1.19 bits per heavy atom. The van der Waals surface area contributed by atoms with Gasteiger partial charge in [-0.05, 0) is 32.1 Å². The van der Waals surface area contributed by atoms with Gasteiger partial charge in [0.15, 0.2) is 5.96 Å². The molecule has 1 aliphatic rings. The lowest BCUT2D eigenvalue weighted by molar-refractivity contribution is -0.0823. The van der Waals surface area contributed by atoms with Gasteiger partial charge in [-0.1, -0.05) is 20.8 Å². The normalized spacial score (nSPS) is 21.8. The van der Waals surface area contributed by atoms with Crippen molar-refractivity contribution in [2.75, 3.05) is 38.5 Å². The minimum Gasteiger partial charge on any atom is -0.377 e. The monoisotopic (exact) mass is 504 g/mol. The third-order valence-electron chi connectivity index (χ3n) is 4.25. The van der Waals surface area contributed by atoms with Gasteiger partial charge in [0.25, 0.3) is 0 Å². The van der Waals surface area contributed by atoms with Gasteiger partial charge in [0.2, 0.25) is 10.0 Å². The first-order valence-corrected chi connectivity index (χ1v) is 11.0. The zero-order valence-electron chi connectivity index (χ0n) is 16.8. The van der Waals surface area contributed by atoms with Crippen LogP contribution in [0.15, 0.2) is 4.99 Å². The van der Waals surface area contributed by atoms with Crippen LogP contribution < -0.4 is 15.4 Å². The molecule has 9 heteroatoms. The van der Waals surface area contributed by atoms with E-state index in [9.17, 15) is 8.42 Å². The molecule has 2 atom stereocenters. The number of nitrogens with zero attached hydrogens (tertiary/aromatic N) is 1. The van der Waals surface area contributed by atoms with E-state index in [1.807, 2.05) is 6.92 Å². The molecule has 0 aliphatic carbocycles. The molecule has 26 heavy (non-hydrogen) atoms. The Hall–Kier alpha value is -0.130. The van der Waals surface area contributed by atoms with Gasteiger partial charge in [-0.3, -0.25) is 4.99 Å². The number of nitrogens with one attached hydrogen (secondary N) is 3. The molecule has 1 fully saturated rings. The molecule has 0 spiro atoms. The smallest absolute Gasteiger partial charge is 0.211 e. The fraction of sp³-hybridized carbons (Fsp3) is 0.941. The summed E-state index contributed by atoms with van der Waals surface area (Å²) in [6.07, 6.45) is 2.42. The Balaban J connectivity index is 0.00000625. The van der Waals surface area contributed by atoms with Crippen molar-refractivity contribution in [2.24, 2.45) is 16.3 Å². The van der Waals surface area contributed by atoms with E-state index in [-0.39, 0.29) is 41.2 Å². The maximum Gasteiger partial charge on any atom is 0.211 e. The quantitative estimate of drug-likeness (QED) is 0.204. The second-order valence-electron chi connectivity index (χ2n) is 7.50. The van der Waals surface area contributed by atoms with Crippen molar-refractivity contribution in [3.05, 3.63) is 0 Å². The summed E-state index contributed by atoms with van der Waals surface area (Å²) in [4.78, 5) is 4.69. The first kappa shape index (κ1) is 25.9. The lowest BCUT2D eigenvalue weighted by atomic mass is 9.78. The predicted molar refractivity (Wildman–Crippen MR) is 119 cm³/mol. The van der Waals surface area contributed by atoms with Gasteiger partial charge in [-0.25, -0.2) is 13.1 Å². The van der Waals surface area contributed by atoms with Gasteiger partial charge in [0.1, 0.15) is 0 Å². The van der Waals surface area contributed by atoms with Crippen LogP contribution in [0.1, 0.15) is 47.5 Å². The molecule has 1 saturated heterocycles. The van der Waals surface area contributed by atoms with E-state index in [2.05, 4.69) is 36.1 Å². The number of hydrogen-bond donors (Lipinski definition) is 3. The predicted octanol–water partition coefficient (Wildman–Crippen LogP) is 1.94. The molecule has 156 valence electrons.